The number of nitrogens with one attached hydrogen (secondary N) is 1. The van der Waals surface area contributed by atoms with E-state index in [-0.39, 0.29) is 5.71 Å². The third kappa shape index (κ3) is 4.05. The first-order chi connectivity index (χ1) is 5.55. The molecule has 0 aliphatic carbocycles. The van der Waals surface area contributed by atoms with E-state index in [1.165, 1.54) is 0 Å². The van der Waals surface area contributed by atoms with Crippen LogP contribution in [-0.2, 0) is 4.79 Å². The van der Waals surface area contributed by atoms with Gasteiger partial charge in [-0.2, -0.15) is 13.2 Å². The molecule has 0 aliphatic heterocycles. The highest BCUT2D eigenvalue weighted by Gasteiger charge is 2.39. The zero-order valence-corrected chi connectivity index (χ0v) is 7.75. The summed E-state index contributed by atoms with van der Waals surface area (Å²) < 4.78 is 35.3. The van der Waals surface area contributed by atoms with Crippen molar-refractivity contribution in [1.29, 1.82) is 5.41 Å². The van der Waals surface area contributed by atoms with Crippen LogP contribution in [0.25, 0.3) is 0 Å². The molecule has 0 aromatic heterocycles. The summed E-state index contributed by atoms with van der Waals surface area (Å²) >= 11 is 0. The van der Waals surface area contributed by atoms with Gasteiger partial charge in [0.15, 0.2) is 0 Å². The van der Waals surface area contributed by atoms with Gasteiger partial charge in [0.05, 0.1) is 6.42 Å². The van der Waals surface area contributed by atoms with Gasteiger partial charge in [-0.05, 0) is 5.41 Å². The molecule has 0 radical (unpaired) electrons. The van der Waals surface area contributed by atoms with Gasteiger partial charge in [-0.3, -0.25) is 4.79 Å². The fourth-order valence-corrected chi connectivity index (χ4v) is 0.526. The maximum absolute atomic E-state index is 11.8. The first-order valence-corrected chi connectivity index (χ1v) is 3.73. The molecule has 0 fully saturated rings. The molecule has 0 aromatic rings. The third-order valence-electron chi connectivity index (χ3n) is 1.56. The molecule has 76 valence electrons. The van der Waals surface area contributed by atoms with Gasteiger partial charge in [-0.25, -0.2) is 0 Å². The Morgan fingerprint density at radius 2 is 1.62 bits per heavy atom. The van der Waals surface area contributed by atoms with Crippen LogP contribution < -0.4 is 0 Å². The van der Waals surface area contributed by atoms with E-state index in [4.69, 9.17) is 5.41 Å². The molecular formula is C8H12F3NO. The minimum atomic E-state index is -4.82. The highest BCUT2D eigenvalue weighted by molar-refractivity contribution is 6.04. The van der Waals surface area contributed by atoms with Gasteiger partial charge in [-0.15, -0.1) is 0 Å². The molecule has 2 nitrogen and oxygen atoms in total. The molecule has 0 bridgehead atoms. The second kappa shape index (κ2) is 3.47. The van der Waals surface area contributed by atoms with Crippen LogP contribution >= 0.6 is 0 Å². The number of rotatable bonds is 2. The quantitative estimate of drug-likeness (QED) is 0.676. The van der Waals surface area contributed by atoms with E-state index in [2.05, 4.69) is 0 Å². The first-order valence-electron chi connectivity index (χ1n) is 3.73. The van der Waals surface area contributed by atoms with Gasteiger partial charge in [0.2, 0.25) is 5.78 Å². The predicted molar refractivity (Wildman–Crippen MR) is 42.9 cm³/mol. The molecule has 0 saturated heterocycles. The zero-order chi connectivity index (χ0) is 10.9. The Balaban J connectivity index is 4.34. The highest BCUT2D eigenvalue weighted by atomic mass is 19.4. The molecular weight excluding hydrogens is 183 g/mol. The number of Topliss-reactive ketones (excluding diaryl/α,β-unsaturated/α-hetero) is 1. The molecule has 0 heterocycles. The van der Waals surface area contributed by atoms with Crippen LogP contribution in [0.1, 0.15) is 27.2 Å². The summed E-state index contributed by atoms with van der Waals surface area (Å²) in [5.74, 6) is -1.85. The second-order valence-electron chi connectivity index (χ2n) is 3.83. The lowest BCUT2D eigenvalue weighted by Gasteiger charge is -2.19. The summed E-state index contributed by atoms with van der Waals surface area (Å²) in [6, 6.07) is 0. The topological polar surface area (TPSA) is 40.9 Å². The molecule has 0 saturated carbocycles. The van der Waals surface area contributed by atoms with E-state index in [0.717, 1.165) is 0 Å². The lowest BCUT2D eigenvalue weighted by molar-refractivity contribution is -0.169. The maximum Gasteiger partial charge on any atom is 0.450 e. The molecule has 0 unspecified atom stereocenters. The van der Waals surface area contributed by atoms with Gasteiger partial charge in [-0.1, -0.05) is 20.8 Å². The summed E-state index contributed by atoms with van der Waals surface area (Å²) in [6.45, 7) is 4.79. The zero-order valence-electron chi connectivity index (χ0n) is 7.75. The Morgan fingerprint density at radius 3 is 1.85 bits per heavy atom. The van der Waals surface area contributed by atoms with Crippen LogP contribution in [0.2, 0.25) is 0 Å². The number of halogens is 3. The van der Waals surface area contributed by atoms with Crippen LogP contribution in [0.4, 0.5) is 13.2 Å². The van der Waals surface area contributed by atoms with Crippen LogP contribution in [0.3, 0.4) is 0 Å². The van der Waals surface area contributed by atoms with Crippen molar-refractivity contribution in [3.63, 3.8) is 0 Å². The lowest BCUT2D eigenvalue weighted by atomic mass is 9.87. The Morgan fingerprint density at radius 1 is 1.23 bits per heavy atom. The highest BCUT2D eigenvalue weighted by Crippen LogP contribution is 2.23. The standard InChI is InChI=1S/C8H12F3NO/c1-7(2,3)5(12)4-6(13)8(9,10)11/h12H,4H2,1-3H3. The number of ketones is 1. The third-order valence-corrected chi connectivity index (χ3v) is 1.56. The SMILES string of the molecule is CC(C)(C)C(=N)CC(=O)C(F)(F)F. The monoisotopic (exact) mass is 195 g/mol. The summed E-state index contributed by atoms with van der Waals surface area (Å²) in [5, 5.41) is 7.23. The fraction of sp³-hybridized carbons (Fsp3) is 0.750. The van der Waals surface area contributed by atoms with E-state index in [9.17, 15) is 18.0 Å². The van der Waals surface area contributed by atoms with Gasteiger partial charge in [0.1, 0.15) is 0 Å². The summed E-state index contributed by atoms with van der Waals surface area (Å²) in [4.78, 5) is 10.5. The minimum absolute atomic E-state index is 0.199. The summed E-state index contributed by atoms with van der Waals surface area (Å²) in [7, 11) is 0. The van der Waals surface area contributed by atoms with Gasteiger partial charge in [0, 0.05) is 5.71 Å². The van der Waals surface area contributed by atoms with Crippen molar-refractivity contribution in [2.75, 3.05) is 0 Å². The molecule has 1 N–H and O–H groups in total. The van der Waals surface area contributed by atoms with E-state index >= 15 is 0 Å². The fourth-order valence-electron chi connectivity index (χ4n) is 0.526. The molecule has 0 aromatic carbocycles. The normalized spacial score (nSPS) is 12.8. The molecule has 13 heavy (non-hydrogen) atoms. The van der Waals surface area contributed by atoms with Crippen molar-refractivity contribution in [2.24, 2.45) is 5.41 Å². The van der Waals surface area contributed by atoms with Crippen molar-refractivity contribution in [3.8, 4) is 0 Å². The average Bonchev–Trinajstić information content (AvgIpc) is 1.82. The van der Waals surface area contributed by atoms with Crippen molar-refractivity contribution in [1.82, 2.24) is 0 Å². The van der Waals surface area contributed by atoms with Crippen LogP contribution in [0.5, 0.6) is 0 Å². The van der Waals surface area contributed by atoms with Crippen LogP contribution in [0.15, 0.2) is 0 Å². The first kappa shape index (κ1) is 12.1. The Labute approximate surface area is 74.6 Å². The van der Waals surface area contributed by atoms with Gasteiger partial charge in [0.25, 0.3) is 0 Å². The summed E-state index contributed by atoms with van der Waals surface area (Å²) in [5.41, 5.74) is -0.879. The Hall–Kier alpha value is -0.870. The molecule has 5 heteroatoms. The number of carbonyl (C=O) groups excluding carboxylic acids is 1. The maximum atomic E-state index is 11.8. The van der Waals surface area contributed by atoms with E-state index < -0.39 is 23.8 Å². The Bertz CT molecular complexity index is 201. The number of hydrogen-bond acceptors (Lipinski definition) is 2. The number of carbonyl (C=O) groups is 1. The largest absolute Gasteiger partial charge is 0.450 e. The summed E-state index contributed by atoms with van der Waals surface area (Å²) in [6.07, 6.45) is -5.66. The van der Waals surface area contributed by atoms with Crippen molar-refractivity contribution in [2.45, 2.75) is 33.4 Å². The average molecular weight is 195 g/mol. The van der Waals surface area contributed by atoms with E-state index in [0.29, 0.717) is 0 Å². The van der Waals surface area contributed by atoms with Crippen molar-refractivity contribution in [3.05, 3.63) is 0 Å². The molecule has 0 amide bonds. The predicted octanol–water partition coefficient (Wildman–Crippen LogP) is 2.57. The molecule has 0 atom stereocenters. The van der Waals surface area contributed by atoms with E-state index in [1.807, 2.05) is 0 Å². The van der Waals surface area contributed by atoms with E-state index in [1.54, 1.807) is 20.8 Å². The molecule has 0 rings (SSSR count). The van der Waals surface area contributed by atoms with Gasteiger partial charge < -0.3 is 5.41 Å². The number of alkyl halides is 3. The van der Waals surface area contributed by atoms with Crippen LogP contribution in [0, 0.1) is 10.8 Å². The second-order valence-corrected chi connectivity index (χ2v) is 3.83. The Kier molecular flexibility index (Phi) is 3.24. The van der Waals surface area contributed by atoms with Crippen molar-refractivity contribution < 1.29 is 18.0 Å². The van der Waals surface area contributed by atoms with Crippen molar-refractivity contribution >= 4 is 11.5 Å². The van der Waals surface area contributed by atoms with Crippen LogP contribution in [-0.4, -0.2) is 17.7 Å². The molecule has 0 aliphatic rings. The smallest absolute Gasteiger partial charge is 0.309 e. The molecule has 0 spiro atoms. The lowest BCUT2D eigenvalue weighted by Crippen LogP contribution is -2.30. The minimum Gasteiger partial charge on any atom is -0.309 e. The van der Waals surface area contributed by atoms with Gasteiger partial charge >= 0.3 is 6.18 Å². The number of hydrogen-bond donors (Lipinski definition) is 1.